The predicted octanol–water partition coefficient (Wildman–Crippen LogP) is 3.30. The van der Waals surface area contributed by atoms with E-state index in [0.717, 1.165) is 0 Å². The summed E-state index contributed by atoms with van der Waals surface area (Å²) in [6.07, 6.45) is 4.75. The van der Waals surface area contributed by atoms with Crippen molar-refractivity contribution >= 4 is 22.4 Å². The summed E-state index contributed by atoms with van der Waals surface area (Å²) < 4.78 is 18.4. The van der Waals surface area contributed by atoms with Gasteiger partial charge in [0.2, 0.25) is 0 Å². The van der Waals surface area contributed by atoms with Crippen LogP contribution in [0.2, 0.25) is 5.02 Å². The Morgan fingerprint density at radius 1 is 1.26 bits per heavy atom. The zero-order valence-electron chi connectivity index (χ0n) is 17.8. The summed E-state index contributed by atoms with van der Waals surface area (Å²) in [5.74, 6) is -0.750. The molecule has 0 bridgehead atoms. The molecular weight excluding hydrogens is 459 g/mol. The molecule has 0 aliphatic carbocycles. The Balaban J connectivity index is 1.82. The minimum absolute atomic E-state index is 0.00122. The Kier molecular flexibility index (Phi) is 5.20. The van der Waals surface area contributed by atoms with Crippen molar-refractivity contribution in [3.8, 4) is 34.1 Å². The summed E-state index contributed by atoms with van der Waals surface area (Å²) >= 11 is 6.25. The van der Waals surface area contributed by atoms with E-state index < -0.39 is 5.82 Å². The second-order valence-electron chi connectivity index (χ2n) is 7.50. The highest BCUT2D eigenvalue weighted by atomic mass is 35.5. The van der Waals surface area contributed by atoms with Crippen LogP contribution in [0, 0.1) is 17.1 Å². The van der Waals surface area contributed by atoms with Crippen LogP contribution in [-0.4, -0.2) is 29.8 Å². The molecule has 5 aromatic rings. The van der Waals surface area contributed by atoms with Crippen LogP contribution in [0.4, 0.5) is 4.39 Å². The molecule has 5 rings (SSSR count). The van der Waals surface area contributed by atoms with Gasteiger partial charge in [-0.2, -0.15) is 20.6 Å². The third kappa shape index (κ3) is 3.26. The molecule has 11 heteroatoms. The van der Waals surface area contributed by atoms with Crippen LogP contribution in [0.5, 0.6) is 0 Å². The number of rotatable bonds is 4. The Hall–Kier alpha value is -4.33. The molecule has 3 N–H and O–H groups in total. The van der Waals surface area contributed by atoms with Crippen LogP contribution in [0.1, 0.15) is 11.3 Å². The van der Waals surface area contributed by atoms with Gasteiger partial charge in [-0.25, -0.2) is 14.2 Å². The van der Waals surface area contributed by atoms with Gasteiger partial charge >= 0.3 is 0 Å². The monoisotopic (exact) mass is 474 g/mol. The average Bonchev–Trinajstić information content (AvgIpc) is 3.51. The van der Waals surface area contributed by atoms with Crippen molar-refractivity contribution in [1.29, 1.82) is 5.26 Å². The van der Waals surface area contributed by atoms with Gasteiger partial charge in [0.05, 0.1) is 44.8 Å². The zero-order valence-corrected chi connectivity index (χ0v) is 18.5. The second-order valence-corrected chi connectivity index (χ2v) is 7.91. The molecule has 0 saturated heterocycles. The van der Waals surface area contributed by atoms with E-state index in [1.165, 1.54) is 15.4 Å². The predicted molar refractivity (Wildman–Crippen MR) is 125 cm³/mol. The smallest absolute Gasteiger partial charge is 0.272 e. The summed E-state index contributed by atoms with van der Waals surface area (Å²) in [4.78, 5) is 12.2. The standard InChI is InChI=1S/C23H16ClFN8O/c1-32-22(20-15(9-26)19(8-17(24)21(20)25)33-6-2-5-28-33)16(11-29-32)12-3-4-13-14(7-12)18(10-27)30-31-23(13)34/h2-8,11H,10,27H2,1H3,(H,31,34). The number of aromatic amines is 1. The largest absolute Gasteiger partial charge is 0.325 e. The van der Waals surface area contributed by atoms with E-state index in [4.69, 9.17) is 17.3 Å². The van der Waals surface area contributed by atoms with E-state index in [1.54, 1.807) is 49.9 Å². The van der Waals surface area contributed by atoms with Crippen LogP contribution in [0.15, 0.2) is 53.7 Å². The van der Waals surface area contributed by atoms with Gasteiger partial charge in [-0.3, -0.25) is 9.48 Å². The van der Waals surface area contributed by atoms with Crippen LogP contribution >= 0.6 is 11.6 Å². The van der Waals surface area contributed by atoms with Crippen molar-refractivity contribution in [2.75, 3.05) is 0 Å². The Morgan fingerprint density at radius 3 is 2.79 bits per heavy atom. The summed E-state index contributed by atoms with van der Waals surface area (Å²) in [5, 5.41) is 25.8. The first kappa shape index (κ1) is 21.5. The number of hydrogen-bond acceptors (Lipinski definition) is 6. The molecular formula is C23H16ClFN8O. The van der Waals surface area contributed by atoms with E-state index in [0.29, 0.717) is 39.0 Å². The molecule has 0 aliphatic heterocycles. The Morgan fingerprint density at radius 2 is 2.09 bits per heavy atom. The minimum Gasteiger partial charge on any atom is -0.325 e. The first-order chi connectivity index (χ1) is 16.4. The highest BCUT2D eigenvalue weighted by Crippen LogP contribution is 2.40. The molecule has 3 aromatic heterocycles. The van der Waals surface area contributed by atoms with Crippen molar-refractivity contribution < 1.29 is 4.39 Å². The number of nitrogens with one attached hydrogen (secondary N) is 1. The van der Waals surface area contributed by atoms with Gasteiger partial charge in [-0.15, -0.1) is 0 Å². The quantitative estimate of drug-likeness (QED) is 0.411. The molecule has 3 heterocycles. The maximum Gasteiger partial charge on any atom is 0.272 e. The fraction of sp³-hybridized carbons (Fsp3) is 0.0870. The number of fused-ring (bicyclic) bond motifs is 1. The van der Waals surface area contributed by atoms with Crippen molar-refractivity contribution in [3.63, 3.8) is 0 Å². The highest BCUT2D eigenvalue weighted by Gasteiger charge is 2.26. The molecule has 0 saturated carbocycles. The number of H-pyrrole nitrogens is 1. The number of halogens is 2. The zero-order chi connectivity index (χ0) is 24.0. The number of nitrogens with zero attached hydrogens (tertiary/aromatic N) is 6. The van der Waals surface area contributed by atoms with Crippen LogP contribution < -0.4 is 11.3 Å². The van der Waals surface area contributed by atoms with Gasteiger partial charge < -0.3 is 5.73 Å². The molecule has 0 radical (unpaired) electrons. The molecule has 0 spiro atoms. The number of nitriles is 1. The summed E-state index contributed by atoms with van der Waals surface area (Å²) in [6.45, 7) is 0.116. The average molecular weight is 475 g/mol. The summed E-state index contributed by atoms with van der Waals surface area (Å²) in [6, 6.07) is 10.3. The number of hydrogen-bond donors (Lipinski definition) is 2. The van der Waals surface area contributed by atoms with E-state index in [9.17, 15) is 10.1 Å². The van der Waals surface area contributed by atoms with Crippen LogP contribution in [-0.2, 0) is 13.6 Å². The van der Waals surface area contributed by atoms with Gasteiger partial charge in [0.25, 0.3) is 5.56 Å². The van der Waals surface area contributed by atoms with Gasteiger partial charge in [-0.05, 0) is 29.8 Å². The molecule has 0 fully saturated rings. The molecule has 2 aromatic carbocycles. The molecule has 168 valence electrons. The molecule has 0 atom stereocenters. The third-order valence-corrected chi connectivity index (χ3v) is 5.88. The van der Waals surface area contributed by atoms with Gasteiger partial charge in [0.1, 0.15) is 6.07 Å². The van der Waals surface area contributed by atoms with Gasteiger partial charge in [0.15, 0.2) is 5.82 Å². The lowest BCUT2D eigenvalue weighted by Gasteiger charge is -2.15. The van der Waals surface area contributed by atoms with Gasteiger partial charge in [0, 0.05) is 36.9 Å². The fourth-order valence-corrected chi connectivity index (χ4v) is 4.23. The van der Waals surface area contributed by atoms with E-state index in [2.05, 4.69) is 26.5 Å². The van der Waals surface area contributed by atoms with Crippen molar-refractivity contribution in [3.05, 3.63) is 81.4 Å². The summed E-state index contributed by atoms with van der Waals surface area (Å²) in [7, 11) is 1.65. The molecule has 0 amide bonds. The lowest BCUT2D eigenvalue weighted by Crippen LogP contribution is -2.13. The number of aromatic nitrogens is 6. The maximum atomic E-state index is 15.5. The van der Waals surface area contributed by atoms with Crippen molar-refractivity contribution in [2.24, 2.45) is 12.8 Å². The first-order valence-corrected chi connectivity index (χ1v) is 10.5. The van der Waals surface area contributed by atoms with Crippen LogP contribution in [0.3, 0.4) is 0 Å². The summed E-state index contributed by atoms with van der Waals surface area (Å²) in [5.41, 5.74) is 7.88. The van der Waals surface area contributed by atoms with Crippen LogP contribution in [0.25, 0.3) is 38.8 Å². The maximum absolute atomic E-state index is 15.5. The molecule has 34 heavy (non-hydrogen) atoms. The number of benzene rings is 2. The van der Waals surface area contributed by atoms with E-state index in [-0.39, 0.29) is 28.3 Å². The third-order valence-electron chi connectivity index (χ3n) is 5.61. The number of aryl methyl sites for hydroxylation is 1. The Bertz CT molecular complexity index is 1660. The van der Waals surface area contributed by atoms with Crippen molar-refractivity contribution in [2.45, 2.75) is 6.54 Å². The Labute approximate surface area is 196 Å². The normalized spacial score (nSPS) is 11.1. The molecule has 0 unspecified atom stereocenters. The fourth-order valence-electron chi connectivity index (χ4n) is 4.03. The van der Waals surface area contributed by atoms with E-state index in [1.807, 2.05) is 0 Å². The first-order valence-electron chi connectivity index (χ1n) is 10.1. The molecule has 9 nitrogen and oxygen atoms in total. The topological polar surface area (TPSA) is 131 Å². The lowest BCUT2D eigenvalue weighted by atomic mass is 9.95. The second kappa shape index (κ2) is 8.22. The SMILES string of the molecule is Cn1ncc(-c2ccc3c(=O)[nH]nc(CN)c3c2)c1-c1c(F)c(Cl)cc(-n2cccn2)c1C#N. The van der Waals surface area contributed by atoms with Gasteiger partial charge in [-0.1, -0.05) is 17.7 Å². The number of nitrogens with two attached hydrogens (primary N) is 1. The lowest BCUT2D eigenvalue weighted by molar-refractivity contribution is 0.627. The molecule has 0 aliphatic rings. The van der Waals surface area contributed by atoms with E-state index >= 15 is 4.39 Å². The minimum atomic E-state index is -0.750. The highest BCUT2D eigenvalue weighted by molar-refractivity contribution is 6.31. The van der Waals surface area contributed by atoms with Crippen molar-refractivity contribution in [1.82, 2.24) is 29.8 Å².